The van der Waals surface area contributed by atoms with Gasteiger partial charge in [0, 0.05) is 36.1 Å². The number of halogens is 3. The summed E-state index contributed by atoms with van der Waals surface area (Å²) in [6.07, 6.45) is -3.16. The van der Waals surface area contributed by atoms with Crippen molar-refractivity contribution in [2.75, 3.05) is 39.9 Å². The third-order valence-corrected chi connectivity index (χ3v) is 6.74. The molecule has 1 unspecified atom stereocenters. The van der Waals surface area contributed by atoms with Crippen LogP contribution in [-0.4, -0.2) is 92.6 Å². The molecule has 0 aromatic heterocycles. The first kappa shape index (κ1) is 27.8. The molecule has 1 amide bonds. The highest BCUT2D eigenvalue weighted by Crippen LogP contribution is 2.33. The number of hydrogen-bond donors (Lipinski definition) is 3. The van der Waals surface area contributed by atoms with E-state index in [9.17, 15) is 28.2 Å². The molecular formula is C25H32F3NO8. The highest BCUT2D eigenvalue weighted by Gasteiger charge is 2.54. The average Bonchev–Trinajstić information content (AvgIpc) is 3.57. The Labute approximate surface area is 212 Å². The van der Waals surface area contributed by atoms with E-state index < -0.39 is 60.8 Å². The molecule has 206 valence electrons. The number of amides is 1. The molecule has 0 bridgehead atoms. The Hall–Kier alpha value is -2.22. The minimum absolute atomic E-state index is 0.0137. The molecule has 1 saturated carbocycles. The second-order valence-electron chi connectivity index (χ2n) is 9.41. The van der Waals surface area contributed by atoms with Crippen molar-refractivity contribution in [1.29, 1.82) is 0 Å². The standard InChI is InChI=1S/C25H32F3NO8/c1-13(7-15-8-17(28)18(9-16(15)27)34-5-2-4-26)25(32)29-19-20(30)21(31)23-24(37-12-36-23)22(19)35-11-14-3-6-33-10-14/h7-9,14,19-24,30-31H,2-6,10-12H2,1H3,(H,29,32)/b13-7+/t14?,19-,20+,21-,22-,23-,24+/m1/s1. The summed E-state index contributed by atoms with van der Waals surface area (Å²) in [6, 6.07) is 0.643. The van der Waals surface area contributed by atoms with Crippen LogP contribution in [-0.2, 0) is 23.7 Å². The average molecular weight is 532 g/mol. The first-order chi connectivity index (χ1) is 17.8. The lowest BCUT2D eigenvalue weighted by Gasteiger charge is -2.44. The second kappa shape index (κ2) is 12.5. The Kier molecular flexibility index (Phi) is 9.43. The molecule has 7 atom stereocenters. The highest BCUT2D eigenvalue weighted by molar-refractivity contribution is 5.97. The summed E-state index contributed by atoms with van der Waals surface area (Å²) in [6.45, 7) is 2.00. The first-order valence-electron chi connectivity index (χ1n) is 12.3. The number of carbonyl (C=O) groups is 1. The molecular weight excluding hydrogens is 499 g/mol. The van der Waals surface area contributed by atoms with Crippen LogP contribution in [0.4, 0.5) is 13.2 Å². The van der Waals surface area contributed by atoms with E-state index in [4.69, 9.17) is 23.7 Å². The van der Waals surface area contributed by atoms with Gasteiger partial charge in [0.15, 0.2) is 11.6 Å². The topological polar surface area (TPSA) is 116 Å². The molecule has 3 aliphatic rings. The molecule has 9 nitrogen and oxygen atoms in total. The molecule has 0 spiro atoms. The second-order valence-corrected chi connectivity index (χ2v) is 9.41. The van der Waals surface area contributed by atoms with Crippen LogP contribution in [0.5, 0.6) is 5.75 Å². The van der Waals surface area contributed by atoms with Crippen LogP contribution < -0.4 is 10.1 Å². The zero-order valence-corrected chi connectivity index (χ0v) is 20.4. The number of aliphatic hydroxyl groups is 2. The number of aliphatic hydroxyl groups excluding tert-OH is 2. The fraction of sp³-hybridized carbons (Fsp3) is 0.640. The molecule has 2 aliphatic heterocycles. The van der Waals surface area contributed by atoms with Gasteiger partial charge in [-0.25, -0.2) is 8.78 Å². The molecule has 1 aromatic carbocycles. The fourth-order valence-corrected chi connectivity index (χ4v) is 4.66. The highest BCUT2D eigenvalue weighted by atomic mass is 19.1. The summed E-state index contributed by atoms with van der Waals surface area (Å²) in [5.74, 6) is -2.60. The molecule has 37 heavy (non-hydrogen) atoms. The van der Waals surface area contributed by atoms with Gasteiger partial charge >= 0.3 is 0 Å². The molecule has 3 N–H and O–H groups in total. The van der Waals surface area contributed by atoms with Crippen LogP contribution >= 0.6 is 0 Å². The molecule has 4 rings (SSSR count). The van der Waals surface area contributed by atoms with Crippen molar-refractivity contribution < 1.29 is 51.9 Å². The largest absolute Gasteiger partial charge is 0.490 e. The lowest BCUT2D eigenvalue weighted by atomic mass is 9.82. The van der Waals surface area contributed by atoms with E-state index >= 15 is 0 Å². The number of hydrogen-bond acceptors (Lipinski definition) is 8. The Balaban J connectivity index is 1.48. The molecule has 2 heterocycles. The Morgan fingerprint density at radius 1 is 1.19 bits per heavy atom. The minimum Gasteiger partial charge on any atom is -0.490 e. The lowest BCUT2D eigenvalue weighted by molar-refractivity contribution is -0.172. The van der Waals surface area contributed by atoms with Crippen molar-refractivity contribution in [3.8, 4) is 5.75 Å². The van der Waals surface area contributed by atoms with E-state index in [0.717, 1.165) is 24.6 Å². The number of ether oxygens (including phenoxy) is 5. The van der Waals surface area contributed by atoms with Crippen LogP contribution in [0.3, 0.4) is 0 Å². The van der Waals surface area contributed by atoms with E-state index in [2.05, 4.69) is 5.32 Å². The van der Waals surface area contributed by atoms with Gasteiger partial charge in [0.2, 0.25) is 5.91 Å². The predicted molar refractivity (Wildman–Crippen MR) is 123 cm³/mol. The van der Waals surface area contributed by atoms with E-state index in [-0.39, 0.29) is 42.6 Å². The normalized spacial score (nSPS) is 31.8. The number of fused-ring (bicyclic) bond motifs is 1. The smallest absolute Gasteiger partial charge is 0.247 e. The van der Waals surface area contributed by atoms with Crippen LogP contribution in [0.1, 0.15) is 25.3 Å². The third kappa shape index (κ3) is 6.44. The summed E-state index contributed by atoms with van der Waals surface area (Å²) in [5.41, 5.74) is -0.186. The number of nitrogens with one attached hydrogen (secondary N) is 1. The van der Waals surface area contributed by atoms with Crippen LogP contribution in [0.2, 0.25) is 0 Å². The first-order valence-corrected chi connectivity index (χ1v) is 12.3. The number of rotatable bonds is 10. The van der Waals surface area contributed by atoms with Crippen molar-refractivity contribution in [1.82, 2.24) is 5.32 Å². The summed E-state index contributed by atoms with van der Waals surface area (Å²) in [5, 5.41) is 24.0. The lowest BCUT2D eigenvalue weighted by Crippen LogP contribution is -2.68. The van der Waals surface area contributed by atoms with E-state index in [1.165, 1.54) is 6.92 Å². The maximum Gasteiger partial charge on any atom is 0.247 e. The van der Waals surface area contributed by atoms with Gasteiger partial charge in [0.1, 0.15) is 43.1 Å². The Morgan fingerprint density at radius 2 is 1.97 bits per heavy atom. The minimum atomic E-state index is -1.43. The zero-order valence-electron chi connectivity index (χ0n) is 20.4. The summed E-state index contributed by atoms with van der Waals surface area (Å²) in [7, 11) is 0. The Bertz CT molecular complexity index is 974. The molecule has 12 heteroatoms. The summed E-state index contributed by atoms with van der Waals surface area (Å²) < 4.78 is 68.6. The van der Waals surface area contributed by atoms with Gasteiger partial charge in [0.25, 0.3) is 0 Å². The fourth-order valence-electron chi connectivity index (χ4n) is 4.66. The van der Waals surface area contributed by atoms with Crippen LogP contribution in [0, 0.1) is 17.6 Å². The summed E-state index contributed by atoms with van der Waals surface area (Å²) >= 11 is 0. The van der Waals surface area contributed by atoms with Gasteiger partial charge < -0.3 is 39.2 Å². The van der Waals surface area contributed by atoms with Crippen LogP contribution in [0.25, 0.3) is 6.08 Å². The zero-order chi connectivity index (χ0) is 26.5. The van der Waals surface area contributed by atoms with Gasteiger partial charge in [-0.05, 0) is 25.5 Å². The van der Waals surface area contributed by atoms with Crippen LogP contribution in [0.15, 0.2) is 17.7 Å². The van der Waals surface area contributed by atoms with Crippen molar-refractivity contribution in [3.05, 3.63) is 34.9 Å². The maximum atomic E-state index is 14.6. The number of carbonyl (C=O) groups excluding carboxylic acids is 1. The van der Waals surface area contributed by atoms with Crippen molar-refractivity contribution in [3.63, 3.8) is 0 Å². The Morgan fingerprint density at radius 3 is 2.70 bits per heavy atom. The monoisotopic (exact) mass is 531 g/mol. The molecule has 1 aromatic rings. The van der Waals surface area contributed by atoms with Crippen molar-refractivity contribution in [2.45, 2.75) is 56.3 Å². The van der Waals surface area contributed by atoms with E-state index in [1.54, 1.807) is 0 Å². The quantitative estimate of drug-likeness (QED) is 0.307. The molecule has 2 saturated heterocycles. The maximum absolute atomic E-state index is 14.6. The predicted octanol–water partition coefficient (Wildman–Crippen LogP) is 1.49. The SMILES string of the molecule is C/C(=C\c1cc(F)c(OCCCF)cc1F)C(=O)N[C@@H]1[C@H](O)[C@@H](O)[C@H]2OCO[C@H]2[C@@H]1OCC1CCOC1. The number of benzene rings is 1. The van der Waals surface area contributed by atoms with Gasteiger partial charge in [-0.1, -0.05) is 0 Å². The third-order valence-electron chi connectivity index (χ3n) is 6.74. The number of alkyl halides is 1. The van der Waals surface area contributed by atoms with E-state index in [1.807, 2.05) is 0 Å². The van der Waals surface area contributed by atoms with Gasteiger partial charge in [-0.2, -0.15) is 0 Å². The molecule has 3 fully saturated rings. The molecule has 0 radical (unpaired) electrons. The molecule has 1 aliphatic carbocycles. The van der Waals surface area contributed by atoms with Crippen molar-refractivity contribution in [2.24, 2.45) is 5.92 Å². The summed E-state index contributed by atoms with van der Waals surface area (Å²) in [4.78, 5) is 13.0. The van der Waals surface area contributed by atoms with Crippen molar-refractivity contribution >= 4 is 12.0 Å². The van der Waals surface area contributed by atoms with Gasteiger partial charge in [0.05, 0.1) is 32.5 Å². The van der Waals surface area contributed by atoms with Gasteiger partial charge in [-0.15, -0.1) is 0 Å². The van der Waals surface area contributed by atoms with E-state index in [0.29, 0.717) is 19.8 Å². The van der Waals surface area contributed by atoms with Gasteiger partial charge in [-0.3, -0.25) is 9.18 Å².